The first-order valence-corrected chi connectivity index (χ1v) is 4.58. The fourth-order valence-corrected chi connectivity index (χ4v) is 1.75. The van der Waals surface area contributed by atoms with E-state index in [0.717, 1.165) is 11.3 Å². The van der Waals surface area contributed by atoms with Crippen molar-refractivity contribution in [1.29, 1.82) is 0 Å². The van der Waals surface area contributed by atoms with Crippen LogP contribution < -0.4 is 0 Å². The summed E-state index contributed by atoms with van der Waals surface area (Å²) in [5, 5.41) is 15.6. The van der Waals surface area contributed by atoms with Crippen LogP contribution in [0.2, 0.25) is 0 Å². The molecule has 0 saturated heterocycles. The van der Waals surface area contributed by atoms with E-state index in [1.807, 2.05) is 6.92 Å². The highest BCUT2D eigenvalue weighted by molar-refractivity contribution is 5.70. The minimum atomic E-state index is -0.845. The number of carboxylic acids is 1. The molecule has 0 spiro atoms. The number of hydrogen-bond acceptors (Lipinski definition) is 2. The second kappa shape index (κ2) is 3.44. The lowest BCUT2D eigenvalue weighted by Crippen LogP contribution is -2.16. The number of aliphatic carboxylic acids is 1. The van der Waals surface area contributed by atoms with Crippen LogP contribution >= 0.6 is 0 Å². The third-order valence-corrected chi connectivity index (χ3v) is 2.09. The summed E-state index contributed by atoms with van der Waals surface area (Å²) in [5.41, 5.74) is 2.54. The summed E-state index contributed by atoms with van der Waals surface area (Å²) in [4.78, 5) is 10.6. The van der Waals surface area contributed by atoms with E-state index in [9.17, 15) is 4.79 Å². The molecule has 0 radical (unpaired) electrons. The van der Waals surface area contributed by atoms with Crippen molar-refractivity contribution in [2.24, 2.45) is 0 Å². The van der Waals surface area contributed by atoms with E-state index in [1.54, 1.807) is 0 Å². The maximum Gasteiger partial charge on any atom is 0.309 e. The summed E-state index contributed by atoms with van der Waals surface area (Å²) in [5.74, 6) is -0.845. The Kier molecular flexibility index (Phi) is 2.64. The van der Waals surface area contributed by atoms with Gasteiger partial charge in [0.1, 0.15) is 0 Å². The van der Waals surface area contributed by atoms with Crippen molar-refractivity contribution in [3.63, 3.8) is 0 Å². The molecule has 0 aliphatic heterocycles. The third-order valence-electron chi connectivity index (χ3n) is 2.09. The molecule has 0 atom stereocenters. The molecule has 0 aliphatic rings. The molecule has 0 saturated carbocycles. The molecule has 1 heterocycles. The van der Waals surface area contributed by atoms with E-state index >= 15 is 0 Å². The zero-order valence-corrected chi connectivity index (χ0v) is 9.01. The number of carboxylic acid groups (broad SMARTS) is 1. The van der Waals surface area contributed by atoms with Crippen LogP contribution in [0.4, 0.5) is 0 Å². The Hall–Kier alpha value is -1.32. The number of H-pyrrole nitrogens is 1. The number of aromatic nitrogens is 2. The number of aromatic amines is 1. The summed E-state index contributed by atoms with van der Waals surface area (Å²) in [6, 6.07) is 0. The molecule has 1 rings (SSSR count). The maximum atomic E-state index is 10.6. The van der Waals surface area contributed by atoms with Crippen molar-refractivity contribution in [2.45, 2.75) is 39.5 Å². The van der Waals surface area contributed by atoms with Gasteiger partial charge in [-0.25, -0.2) is 0 Å². The van der Waals surface area contributed by atoms with E-state index in [2.05, 4.69) is 31.0 Å². The summed E-state index contributed by atoms with van der Waals surface area (Å²) >= 11 is 0. The Morgan fingerprint density at radius 1 is 1.50 bits per heavy atom. The van der Waals surface area contributed by atoms with Gasteiger partial charge in [-0.3, -0.25) is 9.89 Å². The normalized spacial score (nSPS) is 11.7. The highest BCUT2D eigenvalue weighted by atomic mass is 16.4. The lowest BCUT2D eigenvalue weighted by Gasteiger charge is -2.19. The van der Waals surface area contributed by atoms with Gasteiger partial charge in [-0.2, -0.15) is 5.10 Å². The number of nitrogens with one attached hydrogen (secondary N) is 1. The van der Waals surface area contributed by atoms with Gasteiger partial charge in [-0.1, -0.05) is 20.8 Å². The minimum absolute atomic E-state index is 0.0169. The van der Waals surface area contributed by atoms with E-state index in [4.69, 9.17) is 5.11 Å². The molecule has 0 unspecified atom stereocenters. The van der Waals surface area contributed by atoms with Crippen LogP contribution in [-0.2, 0) is 16.6 Å². The maximum absolute atomic E-state index is 10.6. The summed E-state index contributed by atoms with van der Waals surface area (Å²) in [7, 11) is 0. The van der Waals surface area contributed by atoms with Crippen molar-refractivity contribution in [3.05, 3.63) is 17.0 Å². The second-order valence-corrected chi connectivity index (χ2v) is 4.49. The van der Waals surface area contributed by atoms with Gasteiger partial charge in [0.05, 0.1) is 12.1 Å². The minimum Gasteiger partial charge on any atom is -0.481 e. The van der Waals surface area contributed by atoms with E-state index in [0.29, 0.717) is 5.69 Å². The molecule has 78 valence electrons. The molecular weight excluding hydrogens is 180 g/mol. The highest BCUT2D eigenvalue weighted by Gasteiger charge is 2.24. The number of nitrogens with zero attached hydrogens (tertiary/aromatic N) is 1. The molecule has 4 nitrogen and oxygen atoms in total. The monoisotopic (exact) mass is 196 g/mol. The van der Waals surface area contributed by atoms with Crippen molar-refractivity contribution < 1.29 is 9.90 Å². The highest BCUT2D eigenvalue weighted by Crippen LogP contribution is 2.27. The van der Waals surface area contributed by atoms with Gasteiger partial charge in [-0.15, -0.1) is 0 Å². The van der Waals surface area contributed by atoms with Crippen LogP contribution in [-0.4, -0.2) is 21.3 Å². The molecule has 14 heavy (non-hydrogen) atoms. The lowest BCUT2D eigenvalue weighted by atomic mass is 9.84. The summed E-state index contributed by atoms with van der Waals surface area (Å²) in [6.07, 6.45) is -0.0169. The van der Waals surface area contributed by atoms with Crippen LogP contribution in [0.3, 0.4) is 0 Å². The number of aryl methyl sites for hydroxylation is 1. The molecule has 0 bridgehead atoms. The molecule has 1 aromatic heterocycles. The molecule has 0 fully saturated rings. The first-order valence-electron chi connectivity index (χ1n) is 4.58. The van der Waals surface area contributed by atoms with Crippen molar-refractivity contribution in [2.75, 3.05) is 0 Å². The van der Waals surface area contributed by atoms with E-state index in [-0.39, 0.29) is 11.8 Å². The number of hydrogen-bond donors (Lipinski definition) is 2. The zero-order valence-electron chi connectivity index (χ0n) is 9.01. The zero-order chi connectivity index (χ0) is 10.9. The topological polar surface area (TPSA) is 66.0 Å². The van der Waals surface area contributed by atoms with Crippen LogP contribution in [0.25, 0.3) is 0 Å². The predicted octanol–water partition coefficient (Wildman–Crippen LogP) is 1.64. The Labute approximate surface area is 83.3 Å². The molecule has 0 amide bonds. The standard InChI is InChI=1S/C10H16N2O2/c1-6-9(10(2,3)4)7(12-11-6)5-8(13)14/h5H2,1-4H3,(H,11,12)(H,13,14). The SMILES string of the molecule is Cc1[nH]nc(CC(=O)O)c1C(C)(C)C. The molecule has 0 aliphatic carbocycles. The summed E-state index contributed by atoms with van der Waals surface area (Å²) in [6.45, 7) is 8.07. The van der Waals surface area contributed by atoms with Gasteiger partial charge >= 0.3 is 5.97 Å². The fourth-order valence-electron chi connectivity index (χ4n) is 1.75. The van der Waals surface area contributed by atoms with Gasteiger partial charge in [0, 0.05) is 11.3 Å². The Morgan fingerprint density at radius 2 is 2.07 bits per heavy atom. The second-order valence-electron chi connectivity index (χ2n) is 4.49. The molecule has 2 N–H and O–H groups in total. The molecule has 1 aromatic rings. The average Bonchev–Trinajstić information content (AvgIpc) is 2.28. The lowest BCUT2D eigenvalue weighted by molar-refractivity contribution is -0.136. The van der Waals surface area contributed by atoms with E-state index in [1.165, 1.54) is 0 Å². The van der Waals surface area contributed by atoms with Crippen LogP contribution in [0.15, 0.2) is 0 Å². The largest absolute Gasteiger partial charge is 0.481 e. The predicted molar refractivity (Wildman–Crippen MR) is 53.4 cm³/mol. The van der Waals surface area contributed by atoms with Gasteiger partial charge in [0.15, 0.2) is 0 Å². The Bertz CT molecular complexity index is 347. The van der Waals surface area contributed by atoms with Crippen molar-refractivity contribution >= 4 is 5.97 Å². The van der Waals surface area contributed by atoms with Crippen LogP contribution in [0.5, 0.6) is 0 Å². The van der Waals surface area contributed by atoms with Gasteiger partial charge in [-0.05, 0) is 12.3 Å². The van der Waals surface area contributed by atoms with E-state index < -0.39 is 5.97 Å². The van der Waals surface area contributed by atoms with Gasteiger partial charge in [0.25, 0.3) is 0 Å². The van der Waals surface area contributed by atoms with Crippen molar-refractivity contribution in [3.8, 4) is 0 Å². The molecular formula is C10H16N2O2. The first kappa shape index (κ1) is 10.8. The number of rotatable bonds is 2. The van der Waals surface area contributed by atoms with Gasteiger partial charge < -0.3 is 5.11 Å². The smallest absolute Gasteiger partial charge is 0.309 e. The first-order chi connectivity index (χ1) is 6.32. The third kappa shape index (κ3) is 2.13. The Balaban J connectivity index is 3.13. The fraction of sp³-hybridized carbons (Fsp3) is 0.600. The van der Waals surface area contributed by atoms with Crippen molar-refractivity contribution in [1.82, 2.24) is 10.2 Å². The number of carbonyl (C=O) groups is 1. The molecule has 4 heteroatoms. The summed E-state index contributed by atoms with van der Waals surface area (Å²) < 4.78 is 0. The van der Waals surface area contributed by atoms with Crippen LogP contribution in [0.1, 0.15) is 37.7 Å². The quantitative estimate of drug-likeness (QED) is 0.755. The Morgan fingerprint density at radius 3 is 2.50 bits per heavy atom. The molecule has 0 aromatic carbocycles. The van der Waals surface area contributed by atoms with Gasteiger partial charge in [0.2, 0.25) is 0 Å². The average molecular weight is 196 g/mol. The van der Waals surface area contributed by atoms with Crippen LogP contribution in [0, 0.1) is 6.92 Å².